The van der Waals surface area contributed by atoms with Crippen LogP contribution in [0, 0.1) is 5.41 Å². The Labute approximate surface area is 101 Å². The SMILES string of the molecule is CC(C)(C(=O)O)C(O)C(O)Cc1ccccc1. The summed E-state index contributed by atoms with van der Waals surface area (Å²) in [6, 6.07) is 9.16. The molecule has 4 heteroatoms. The van der Waals surface area contributed by atoms with Crippen LogP contribution in [0.1, 0.15) is 19.4 Å². The highest BCUT2D eigenvalue weighted by molar-refractivity contribution is 5.74. The van der Waals surface area contributed by atoms with E-state index in [9.17, 15) is 15.0 Å². The van der Waals surface area contributed by atoms with E-state index in [0.717, 1.165) is 5.56 Å². The highest BCUT2D eigenvalue weighted by Crippen LogP contribution is 2.24. The van der Waals surface area contributed by atoms with Gasteiger partial charge >= 0.3 is 5.97 Å². The van der Waals surface area contributed by atoms with Crippen LogP contribution in [0.15, 0.2) is 30.3 Å². The lowest BCUT2D eigenvalue weighted by Gasteiger charge is -2.29. The number of hydrogen-bond donors (Lipinski definition) is 3. The quantitative estimate of drug-likeness (QED) is 0.717. The van der Waals surface area contributed by atoms with Gasteiger partial charge in [0, 0.05) is 6.42 Å². The van der Waals surface area contributed by atoms with Gasteiger partial charge in [-0.3, -0.25) is 4.79 Å². The van der Waals surface area contributed by atoms with Crippen molar-refractivity contribution in [3.05, 3.63) is 35.9 Å². The number of carboxylic acids is 1. The second-order valence-corrected chi connectivity index (χ2v) is 4.73. The first-order valence-corrected chi connectivity index (χ1v) is 5.49. The minimum absolute atomic E-state index is 0.235. The molecule has 94 valence electrons. The Kier molecular flexibility index (Phi) is 4.26. The summed E-state index contributed by atoms with van der Waals surface area (Å²) >= 11 is 0. The fourth-order valence-electron chi connectivity index (χ4n) is 1.57. The second-order valence-electron chi connectivity index (χ2n) is 4.73. The van der Waals surface area contributed by atoms with Crippen molar-refractivity contribution < 1.29 is 20.1 Å². The smallest absolute Gasteiger partial charge is 0.311 e. The lowest BCUT2D eigenvalue weighted by Crippen LogP contribution is -2.45. The van der Waals surface area contributed by atoms with Crippen LogP contribution in [-0.2, 0) is 11.2 Å². The molecule has 0 aromatic heterocycles. The first kappa shape index (κ1) is 13.7. The molecular weight excluding hydrogens is 220 g/mol. The molecular formula is C13H18O4. The summed E-state index contributed by atoms with van der Waals surface area (Å²) in [6.45, 7) is 2.79. The van der Waals surface area contributed by atoms with Gasteiger partial charge in [0.1, 0.15) is 0 Å². The molecule has 0 amide bonds. The van der Waals surface area contributed by atoms with Crippen molar-refractivity contribution >= 4 is 5.97 Å². The standard InChI is InChI=1S/C13H18O4/c1-13(2,12(16)17)11(15)10(14)8-9-6-4-3-5-7-9/h3-7,10-11,14-15H,8H2,1-2H3,(H,16,17). The summed E-state index contributed by atoms with van der Waals surface area (Å²) in [4.78, 5) is 10.9. The molecule has 0 spiro atoms. The molecule has 17 heavy (non-hydrogen) atoms. The normalized spacial score (nSPS) is 15.3. The van der Waals surface area contributed by atoms with E-state index >= 15 is 0 Å². The van der Waals surface area contributed by atoms with Crippen LogP contribution < -0.4 is 0 Å². The van der Waals surface area contributed by atoms with Crippen molar-refractivity contribution in [3.63, 3.8) is 0 Å². The summed E-state index contributed by atoms with van der Waals surface area (Å²) in [5.41, 5.74) is -0.506. The fourth-order valence-corrected chi connectivity index (χ4v) is 1.57. The monoisotopic (exact) mass is 238 g/mol. The molecule has 1 aromatic rings. The first-order valence-electron chi connectivity index (χ1n) is 5.49. The lowest BCUT2D eigenvalue weighted by atomic mass is 9.82. The Bertz CT molecular complexity index is 372. The molecule has 0 radical (unpaired) electrons. The number of carbonyl (C=O) groups is 1. The van der Waals surface area contributed by atoms with Crippen LogP contribution in [0.5, 0.6) is 0 Å². The van der Waals surface area contributed by atoms with Gasteiger partial charge in [-0.2, -0.15) is 0 Å². The van der Waals surface area contributed by atoms with Crippen LogP contribution in [0.25, 0.3) is 0 Å². The van der Waals surface area contributed by atoms with Crippen LogP contribution in [-0.4, -0.2) is 33.5 Å². The zero-order valence-electron chi connectivity index (χ0n) is 10.00. The molecule has 0 bridgehead atoms. The van der Waals surface area contributed by atoms with E-state index in [4.69, 9.17) is 5.11 Å². The maximum absolute atomic E-state index is 10.9. The van der Waals surface area contributed by atoms with Crippen molar-refractivity contribution in [2.45, 2.75) is 32.5 Å². The average molecular weight is 238 g/mol. The van der Waals surface area contributed by atoms with Gasteiger partial charge in [0.25, 0.3) is 0 Å². The Morgan fingerprint density at radius 3 is 2.24 bits per heavy atom. The van der Waals surface area contributed by atoms with E-state index in [1.165, 1.54) is 13.8 Å². The maximum atomic E-state index is 10.9. The Balaban J connectivity index is 2.71. The molecule has 1 aromatic carbocycles. The van der Waals surface area contributed by atoms with Crippen molar-refractivity contribution in [2.75, 3.05) is 0 Å². The average Bonchev–Trinajstić information content (AvgIpc) is 2.29. The van der Waals surface area contributed by atoms with Gasteiger partial charge in [-0.1, -0.05) is 30.3 Å². The van der Waals surface area contributed by atoms with Gasteiger partial charge < -0.3 is 15.3 Å². The minimum atomic E-state index is -1.37. The van der Waals surface area contributed by atoms with E-state index in [2.05, 4.69) is 0 Å². The molecule has 4 nitrogen and oxygen atoms in total. The molecule has 0 aliphatic heterocycles. The highest BCUT2D eigenvalue weighted by Gasteiger charge is 2.39. The number of aliphatic hydroxyl groups is 2. The predicted molar refractivity (Wildman–Crippen MR) is 63.6 cm³/mol. The molecule has 2 unspecified atom stereocenters. The molecule has 2 atom stereocenters. The van der Waals surface area contributed by atoms with Gasteiger partial charge in [-0.05, 0) is 19.4 Å². The van der Waals surface area contributed by atoms with Crippen molar-refractivity contribution in [1.29, 1.82) is 0 Å². The summed E-state index contributed by atoms with van der Waals surface area (Å²) in [6.07, 6.45) is -2.16. The molecule has 0 heterocycles. The third kappa shape index (κ3) is 3.28. The van der Waals surface area contributed by atoms with Gasteiger partial charge in [-0.25, -0.2) is 0 Å². The molecule has 0 saturated carbocycles. The second kappa shape index (κ2) is 5.29. The topological polar surface area (TPSA) is 77.8 Å². The number of aliphatic hydroxyl groups excluding tert-OH is 2. The largest absolute Gasteiger partial charge is 0.481 e. The van der Waals surface area contributed by atoms with E-state index < -0.39 is 23.6 Å². The fraction of sp³-hybridized carbons (Fsp3) is 0.462. The first-order chi connectivity index (χ1) is 7.85. The third-order valence-electron chi connectivity index (χ3n) is 2.94. The minimum Gasteiger partial charge on any atom is -0.481 e. The number of rotatable bonds is 5. The molecule has 1 rings (SSSR count). The van der Waals surface area contributed by atoms with Crippen LogP contribution in [0.4, 0.5) is 0 Å². The molecule has 0 aliphatic rings. The van der Waals surface area contributed by atoms with Gasteiger partial charge in [0.05, 0.1) is 17.6 Å². The predicted octanol–water partition coefficient (Wildman–Crippen LogP) is 1.06. The Hall–Kier alpha value is -1.39. The van der Waals surface area contributed by atoms with Gasteiger partial charge in [0.15, 0.2) is 0 Å². The summed E-state index contributed by atoms with van der Waals surface area (Å²) in [7, 11) is 0. The zero-order valence-corrected chi connectivity index (χ0v) is 10.00. The number of carboxylic acid groups (broad SMARTS) is 1. The number of hydrogen-bond acceptors (Lipinski definition) is 3. The summed E-state index contributed by atoms with van der Waals surface area (Å²) < 4.78 is 0. The van der Waals surface area contributed by atoms with Crippen LogP contribution in [0.3, 0.4) is 0 Å². The van der Waals surface area contributed by atoms with Crippen molar-refractivity contribution in [3.8, 4) is 0 Å². The van der Waals surface area contributed by atoms with E-state index in [1.807, 2.05) is 30.3 Å². The number of benzene rings is 1. The van der Waals surface area contributed by atoms with Crippen LogP contribution >= 0.6 is 0 Å². The van der Waals surface area contributed by atoms with Crippen LogP contribution in [0.2, 0.25) is 0 Å². The number of aliphatic carboxylic acids is 1. The third-order valence-corrected chi connectivity index (χ3v) is 2.94. The van der Waals surface area contributed by atoms with Gasteiger partial charge in [0.2, 0.25) is 0 Å². The Morgan fingerprint density at radius 1 is 1.24 bits per heavy atom. The summed E-state index contributed by atoms with van der Waals surface area (Å²) in [5.74, 6) is -1.13. The molecule has 0 saturated heterocycles. The molecule has 0 fully saturated rings. The molecule has 0 aliphatic carbocycles. The Morgan fingerprint density at radius 2 is 1.76 bits per heavy atom. The van der Waals surface area contributed by atoms with Crippen molar-refractivity contribution in [2.24, 2.45) is 5.41 Å². The van der Waals surface area contributed by atoms with Gasteiger partial charge in [-0.15, -0.1) is 0 Å². The molecule has 3 N–H and O–H groups in total. The lowest BCUT2D eigenvalue weighted by molar-refractivity contribution is -0.159. The van der Waals surface area contributed by atoms with E-state index in [1.54, 1.807) is 0 Å². The highest BCUT2D eigenvalue weighted by atomic mass is 16.4. The van der Waals surface area contributed by atoms with E-state index in [0.29, 0.717) is 0 Å². The zero-order chi connectivity index (χ0) is 13.1. The summed E-state index contributed by atoms with van der Waals surface area (Å²) in [5, 5.41) is 28.6. The van der Waals surface area contributed by atoms with Crippen molar-refractivity contribution in [1.82, 2.24) is 0 Å². The van der Waals surface area contributed by atoms with E-state index in [-0.39, 0.29) is 6.42 Å². The maximum Gasteiger partial charge on any atom is 0.311 e.